The van der Waals surface area contributed by atoms with E-state index in [1.807, 2.05) is 0 Å². The van der Waals surface area contributed by atoms with Crippen molar-refractivity contribution in [1.82, 2.24) is 15.3 Å². The van der Waals surface area contributed by atoms with Crippen LogP contribution in [0, 0.1) is 0 Å². The lowest BCUT2D eigenvalue weighted by atomic mass is 10.2. The number of hydrogen-bond donors (Lipinski definition) is 1. The first-order valence-electron chi connectivity index (χ1n) is 6.14. The van der Waals surface area contributed by atoms with Gasteiger partial charge in [-0.2, -0.15) is 9.97 Å². The van der Waals surface area contributed by atoms with E-state index in [-0.39, 0.29) is 11.9 Å². The fourth-order valence-corrected chi connectivity index (χ4v) is 1.61. The van der Waals surface area contributed by atoms with E-state index in [1.54, 1.807) is 31.3 Å². The number of methoxy groups -OCH3 is 2. The minimum Gasteiger partial charge on any atom is -0.481 e. The maximum Gasteiger partial charge on any atom is 0.328 e. The third kappa shape index (κ3) is 3.38. The second kappa shape index (κ2) is 6.56. The van der Waals surface area contributed by atoms with E-state index >= 15 is 0 Å². The number of nitrogens with zero attached hydrogens (tertiary/aromatic N) is 2. The van der Waals surface area contributed by atoms with Gasteiger partial charge < -0.3 is 19.5 Å². The lowest BCUT2D eigenvalue weighted by molar-refractivity contribution is 0.0960. The lowest BCUT2D eigenvalue weighted by Crippen LogP contribution is -2.18. The summed E-state index contributed by atoms with van der Waals surface area (Å²) < 4.78 is 15.7. The number of aromatic nitrogens is 2. The number of nitrogens with one attached hydrogen (secondary N) is 1. The van der Waals surface area contributed by atoms with Crippen LogP contribution >= 0.6 is 0 Å². The Kier molecular flexibility index (Phi) is 4.55. The summed E-state index contributed by atoms with van der Waals surface area (Å²) in [5, 5.41) is 2.54. The van der Waals surface area contributed by atoms with Gasteiger partial charge in [-0.05, 0) is 12.1 Å². The smallest absolute Gasteiger partial charge is 0.328 e. The minimum atomic E-state index is -0.263. The third-order valence-electron chi connectivity index (χ3n) is 2.64. The van der Waals surface area contributed by atoms with Crippen LogP contribution in [0.5, 0.6) is 23.5 Å². The summed E-state index contributed by atoms with van der Waals surface area (Å²) >= 11 is 0. The molecule has 1 amide bonds. The van der Waals surface area contributed by atoms with E-state index in [0.29, 0.717) is 23.1 Å². The second-order valence-corrected chi connectivity index (χ2v) is 3.91. The van der Waals surface area contributed by atoms with Crippen molar-refractivity contribution in [3.05, 3.63) is 35.9 Å². The molecule has 2 aromatic rings. The molecule has 1 aromatic heterocycles. The quantitative estimate of drug-likeness (QED) is 0.901. The minimum absolute atomic E-state index is 0.0301. The number of carbonyl (C=O) groups excluding carboxylic acids is 1. The van der Waals surface area contributed by atoms with E-state index in [9.17, 15) is 4.79 Å². The van der Waals surface area contributed by atoms with Crippen LogP contribution in [0.2, 0.25) is 0 Å². The van der Waals surface area contributed by atoms with Crippen molar-refractivity contribution < 1.29 is 19.0 Å². The maximum atomic E-state index is 11.8. The molecule has 21 heavy (non-hydrogen) atoms. The fourth-order valence-electron chi connectivity index (χ4n) is 1.61. The predicted molar refractivity (Wildman–Crippen MR) is 75.0 cm³/mol. The number of rotatable bonds is 5. The molecule has 110 valence electrons. The molecule has 0 aliphatic rings. The number of benzene rings is 1. The Morgan fingerprint density at radius 3 is 2.29 bits per heavy atom. The van der Waals surface area contributed by atoms with Gasteiger partial charge in [-0.15, -0.1) is 0 Å². The highest BCUT2D eigenvalue weighted by atomic mass is 16.5. The van der Waals surface area contributed by atoms with Crippen LogP contribution in [0.1, 0.15) is 10.4 Å². The molecule has 0 saturated carbocycles. The van der Waals surface area contributed by atoms with Crippen LogP contribution in [0.25, 0.3) is 0 Å². The Labute approximate surface area is 121 Å². The van der Waals surface area contributed by atoms with Gasteiger partial charge in [0, 0.05) is 7.05 Å². The van der Waals surface area contributed by atoms with Gasteiger partial charge in [0.1, 0.15) is 5.75 Å². The Balaban J connectivity index is 2.36. The Morgan fingerprint density at radius 1 is 1.10 bits per heavy atom. The first-order chi connectivity index (χ1) is 10.2. The molecule has 2 rings (SSSR count). The Bertz CT molecular complexity index is 624. The third-order valence-corrected chi connectivity index (χ3v) is 2.64. The number of hydrogen-bond acceptors (Lipinski definition) is 6. The van der Waals surface area contributed by atoms with Crippen molar-refractivity contribution in [2.24, 2.45) is 0 Å². The number of amides is 1. The van der Waals surface area contributed by atoms with E-state index in [1.165, 1.54) is 20.3 Å². The monoisotopic (exact) mass is 289 g/mol. The van der Waals surface area contributed by atoms with Crippen LogP contribution in [0.15, 0.2) is 30.3 Å². The largest absolute Gasteiger partial charge is 0.481 e. The second-order valence-electron chi connectivity index (χ2n) is 3.91. The maximum absolute atomic E-state index is 11.8. The zero-order valence-electron chi connectivity index (χ0n) is 11.9. The molecular weight excluding hydrogens is 274 g/mol. The standard InChI is InChI=1S/C14H15N3O4/c1-15-13(18)9-6-4-5-7-10(9)21-14-16-11(19-2)8-12(17-14)20-3/h4-8H,1-3H3,(H,15,18). The number of ether oxygens (including phenoxy) is 3. The fraction of sp³-hybridized carbons (Fsp3) is 0.214. The van der Waals surface area contributed by atoms with Crippen molar-refractivity contribution in [3.63, 3.8) is 0 Å². The van der Waals surface area contributed by atoms with E-state index < -0.39 is 0 Å². The highest BCUT2D eigenvalue weighted by Crippen LogP contribution is 2.26. The molecule has 0 radical (unpaired) electrons. The van der Waals surface area contributed by atoms with E-state index in [4.69, 9.17) is 14.2 Å². The van der Waals surface area contributed by atoms with Gasteiger partial charge in [-0.1, -0.05) is 12.1 Å². The summed E-state index contributed by atoms with van der Waals surface area (Å²) in [5.74, 6) is 0.677. The molecule has 1 aromatic carbocycles. The first kappa shape index (κ1) is 14.6. The van der Waals surface area contributed by atoms with Crippen molar-refractivity contribution in [3.8, 4) is 23.5 Å². The Morgan fingerprint density at radius 2 is 1.71 bits per heavy atom. The number of para-hydroxylation sites is 1. The molecule has 0 bridgehead atoms. The van der Waals surface area contributed by atoms with Crippen molar-refractivity contribution in [2.45, 2.75) is 0 Å². The van der Waals surface area contributed by atoms with Gasteiger partial charge in [0.05, 0.1) is 25.8 Å². The summed E-state index contributed by atoms with van der Waals surface area (Å²) in [6.07, 6.45) is 0. The topological polar surface area (TPSA) is 82.6 Å². The van der Waals surface area contributed by atoms with Gasteiger partial charge in [0.25, 0.3) is 5.91 Å². The van der Waals surface area contributed by atoms with Crippen LogP contribution in [0.3, 0.4) is 0 Å². The van der Waals surface area contributed by atoms with Gasteiger partial charge in [-0.25, -0.2) is 0 Å². The average Bonchev–Trinajstić information content (AvgIpc) is 2.54. The van der Waals surface area contributed by atoms with Crippen molar-refractivity contribution >= 4 is 5.91 Å². The van der Waals surface area contributed by atoms with Crippen LogP contribution in [-0.2, 0) is 0 Å². The summed E-state index contributed by atoms with van der Waals surface area (Å²) in [5.41, 5.74) is 0.380. The normalized spacial score (nSPS) is 9.86. The molecule has 0 saturated heterocycles. The summed E-state index contributed by atoms with van der Waals surface area (Å²) in [4.78, 5) is 19.9. The van der Waals surface area contributed by atoms with Crippen LogP contribution < -0.4 is 19.5 Å². The molecule has 7 heteroatoms. The van der Waals surface area contributed by atoms with Crippen molar-refractivity contribution in [2.75, 3.05) is 21.3 Å². The molecule has 0 unspecified atom stereocenters. The first-order valence-corrected chi connectivity index (χ1v) is 6.14. The summed E-state index contributed by atoms with van der Waals surface area (Å²) in [7, 11) is 4.50. The predicted octanol–water partition coefficient (Wildman–Crippen LogP) is 1.65. The van der Waals surface area contributed by atoms with Crippen LogP contribution in [0.4, 0.5) is 0 Å². The lowest BCUT2D eigenvalue weighted by Gasteiger charge is -2.10. The molecule has 0 aliphatic heterocycles. The molecular formula is C14H15N3O4. The van der Waals surface area contributed by atoms with Gasteiger partial charge in [0.2, 0.25) is 11.8 Å². The molecule has 0 aliphatic carbocycles. The highest BCUT2D eigenvalue weighted by Gasteiger charge is 2.14. The number of carbonyl (C=O) groups is 1. The highest BCUT2D eigenvalue weighted by molar-refractivity contribution is 5.96. The van der Waals surface area contributed by atoms with Gasteiger partial charge >= 0.3 is 6.01 Å². The van der Waals surface area contributed by atoms with E-state index in [2.05, 4.69) is 15.3 Å². The molecule has 7 nitrogen and oxygen atoms in total. The van der Waals surface area contributed by atoms with Gasteiger partial charge in [0.15, 0.2) is 0 Å². The van der Waals surface area contributed by atoms with E-state index in [0.717, 1.165) is 0 Å². The molecule has 1 heterocycles. The SMILES string of the molecule is CNC(=O)c1ccccc1Oc1nc(OC)cc(OC)n1. The molecule has 1 N–H and O–H groups in total. The van der Waals surface area contributed by atoms with Crippen molar-refractivity contribution in [1.29, 1.82) is 0 Å². The Hall–Kier alpha value is -2.83. The zero-order chi connectivity index (χ0) is 15.2. The zero-order valence-corrected chi connectivity index (χ0v) is 11.9. The summed E-state index contributed by atoms with van der Waals surface area (Å²) in [6.45, 7) is 0. The summed E-state index contributed by atoms with van der Waals surface area (Å²) in [6, 6.07) is 8.34. The molecule has 0 fully saturated rings. The molecule has 0 atom stereocenters. The van der Waals surface area contributed by atoms with Crippen LogP contribution in [-0.4, -0.2) is 37.1 Å². The van der Waals surface area contributed by atoms with Gasteiger partial charge in [-0.3, -0.25) is 4.79 Å². The average molecular weight is 289 g/mol. The molecule has 0 spiro atoms.